The number of rotatable bonds is 3. The van der Waals surface area contributed by atoms with Crippen LogP contribution in [0.1, 0.15) is 6.92 Å². The number of aromatic nitrogens is 1. The Balaban J connectivity index is 2.52. The molecule has 2 N–H and O–H groups in total. The number of alkyl halides is 2. The number of nitrogen functional groups attached to an aromatic ring is 1. The maximum atomic E-state index is 11.9. The molecule has 0 amide bonds. The third-order valence-corrected chi connectivity index (χ3v) is 1.17. The largest absolute Gasteiger partial charge is 0.466 e. The summed E-state index contributed by atoms with van der Waals surface area (Å²) in [5, 5.41) is 3.28. The summed E-state index contributed by atoms with van der Waals surface area (Å²) in [7, 11) is 0. The zero-order valence-electron chi connectivity index (χ0n) is 6.33. The lowest BCUT2D eigenvalue weighted by molar-refractivity contribution is 0.0185. The molecule has 0 saturated heterocycles. The van der Waals surface area contributed by atoms with Crippen LogP contribution < -0.4 is 10.5 Å². The summed E-state index contributed by atoms with van der Waals surface area (Å²) in [5.74, 6) is 0.00627. The average Bonchev–Trinajstić information content (AvgIpc) is 2.35. The van der Waals surface area contributed by atoms with Gasteiger partial charge in [0.1, 0.15) is 0 Å². The van der Waals surface area contributed by atoms with E-state index in [0.717, 1.165) is 0 Å². The first kappa shape index (κ1) is 8.76. The van der Waals surface area contributed by atoms with Crippen LogP contribution >= 0.6 is 0 Å². The molecule has 1 unspecified atom stereocenters. The van der Waals surface area contributed by atoms with Crippen molar-refractivity contribution in [3.05, 3.63) is 6.07 Å². The highest BCUT2D eigenvalue weighted by molar-refractivity contribution is 5.27. The van der Waals surface area contributed by atoms with E-state index in [1.54, 1.807) is 0 Å². The fraction of sp³-hybridized carbons (Fsp3) is 0.500. The van der Waals surface area contributed by atoms with Crippen LogP contribution in [0.3, 0.4) is 0 Å². The molecule has 68 valence electrons. The molecule has 1 atom stereocenters. The number of hydrogen-bond acceptors (Lipinski definition) is 4. The van der Waals surface area contributed by atoms with Crippen molar-refractivity contribution in [3.8, 4) is 5.88 Å². The highest BCUT2D eigenvalue weighted by atomic mass is 19.3. The summed E-state index contributed by atoms with van der Waals surface area (Å²) < 4.78 is 32.9. The first-order valence-corrected chi connectivity index (χ1v) is 3.26. The Bertz CT molecular complexity index is 251. The van der Waals surface area contributed by atoms with Crippen molar-refractivity contribution in [1.29, 1.82) is 0 Å². The van der Waals surface area contributed by atoms with Gasteiger partial charge in [-0.1, -0.05) is 0 Å². The molecule has 0 aliphatic carbocycles. The third kappa shape index (κ3) is 2.08. The number of nitrogens with two attached hydrogens (primary N) is 1. The Labute approximate surface area is 67.3 Å². The van der Waals surface area contributed by atoms with E-state index >= 15 is 0 Å². The Kier molecular flexibility index (Phi) is 2.47. The molecular formula is C6H8F2N2O2. The number of anilines is 1. The van der Waals surface area contributed by atoms with E-state index in [9.17, 15) is 8.78 Å². The van der Waals surface area contributed by atoms with Gasteiger partial charge < -0.3 is 15.0 Å². The molecule has 0 saturated carbocycles. The zero-order valence-corrected chi connectivity index (χ0v) is 6.33. The average molecular weight is 178 g/mol. The summed E-state index contributed by atoms with van der Waals surface area (Å²) in [5.41, 5.74) is 5.13. The summed E-state index contributed by atoms with van der Waals surface area (Å²) in [4.78, 5) is 0. The Morgan fingerprint density at radius 1 is 1.67 bits per heavy atom. The van der Waals surface area contributed by atoms with Gasteiger partial charge in [-0.05, 0) is 12.1 Å². The van der Waals surface area contributed by atoms with E-state index < -0.39 is 12.5 Å². The van der Waals surface area contributed by atoms with Gasteiger partial charge in [0.05, 0.1) is 6.07 Å². The van der Waals surface area contributed by atoms with Gasteiger partial charge in [0, 0.05) is 0 Å². The van der Waals surface area contributed by atoms with Gasteiger partial charge in [0.25, 0.3) is 12.3 Å². The van der Waals surface area contributed by atoms with Crippen molar-refractivity contribution >= 4 is 5.88 Å². The Hall–Kier alpha value is -1.33. The van der Waals surface area contributed by atoms with Gasteiger partial charge in [-0.3, -0.25) is 0 Å². The second-order valence-electron chi connectivity index (χ2n) is 2.22. The van der Waals surface area contributed by atoms with Crippen molar-refractivity contribution in [2.75, 3.05) is 5.73 Å². The molecule has 0 fully saturated rings. The maximum absolute atomic E-state index is 11.9. The van der Waals surface area contributed by atoms with Crippen LogP contribution in [0.4, 0.5) is 14.7 Å². The quantitative estimate of drug-likeness (QED) is 0.757. The molecule has 0 aromatic carbocycles. The Morgan fingerprint density at radius 3 is 2.75 bits per heavy atom. The smallest absolute Gasteiger partial charge is 0.274 e. The second kappa shape index (κ2) is 3.38. The SMILES string of the molecule is CC(Oc1cc(N)on1)C(F)F. The molecule has 0 aliphatic rings. The van der Waals surface area contributed by atoms with Crippen molar-refractivity contribution in [2.24, 2.45) is 0 Å². The fourth-order valence-electron chi connectivity index (χ4n) is 0.570. The molecule has 1 rings (SSSR count). The fourth-order valence-corrected chi connectivity index (χ4v) is 0.570. The molecule has 0 aliphatic heterocycles. The molecule has 1 heterocycles. The number of hydrogen-bond donors (Lipinski definition) is 1. The molecule has 0 radical (unpaired) electrons. The summed E-state index contributed by atoms with van der Waals surface area (Å²) in [6.45, 7) is 1.23. The molecule has 0 spiro atoms. The van der Waals surface area contributed by atoms with Crippen LogP contribution in [0, 0.1) is 0 Å². The molecule has 0 bridgehead atoms. The lowest BCUT2D eigenvalue weighted by Crippen LogP contribution is -2.21. The number of halogens is 2. The van der Waals surface area contributed by atoms with Crippen LogP contribution in [-0.4, -0.2) is 17.7 Å². The standard InChI is InChI=1S/C6H8F2N2O2/c1-3(6(7)8)11-5-2-4(9)12-10-5/h2-3,6H,9H2,1H3. The minimum absolute atomic E-state index is 0.0275. The second-order valence-corrected chi connectivity index (χ2v) is 2.22. The monoisotopic (exact) mass is 178 g/mol. The van der Waals surface area contributed by atoms with Gasteiger partial charge in [0.2, 0.25) is 5.88 Å². The van der Waals surface area contributed by atoms with Gasteiger partial charge in [-0.15, -0.1) is 0 Å². The van der Waals surface area contributed by atoms with E-state index in [-0.39, 0.29) is 11.8 Å². The van der Waals surface area contributed by atoms with Crippen molar-refractivity contribution < 1.29 is 18.0 Å². The third-order valence-electron chi connectivity index (χ3n) is 1.17. The van der Waals surface area contributed by atoms with E-state index in [1.807, 2.05) is 0 Å². The minimum atomic E-state index is -2.55. The van der Waals surface area contributed by atoms with Crippen molar-refractivity contribution in [3.63, 3.8) is 0 Å². The number of ether oxygens (including phenoxy) is 1. The van der Waals surface area contributed by atoms with E-state index in [2.05, 4.69) is 14.4 Å². The minimum Gasteiger partial charge on any atom is -0.466 e. The molecule has 12 heavy (non-hydrogen) atoms. The predicted molar refractivity (Wildman–Crippen MR) is 37.0 cm³/mol. The summed E-state index contributed by atoms with van der Waals surface area (Å²) >= 11 is 0. The molecule has 4 nitrogen and oxygen atoms in total. The summed E-state index contributed by atoms with van der Waals surface area (Å²) in [6.07, 6.45) is -3.77. The van der Waals surface area contributed by atoms with Gasteiger partial charge in [0.15, 0.2) is 6.10 Å². The van der Waals surface area contributed by atoms with Gasteiger partial charge in [-0.25, -0.2) is 8.78 Å². The van der Waals surface area contributed by atoms with Crippen LogP contribution in [0.5, 0.6) is 5.88 Å². The molecule has 1 aromatic rings. The van der Waals surface area contributed by atoms with E-state index in [1.165, 1.54) is 13.0 Å². The zero-order chi connectivity index (χ0) is 9.14. The first-order valence-electron chi connectivity index (χ1n) is 3.26. The van der Waals surface area contributed by atoms with Crippen LogP contribution in [0.25, 0.3) is 0 Å². The van der Waals surface area contributed by atoms with Gasteiger partial charge in [-0.2, -0.15) is 0 Å². The topological polar surface area (TPSA) is 61.3 Å². The lowest BCUT2D eigenvalue weighted by atomic mass is 10.4. The maximum Gasteiger partial charge on any atom is 0.274 e. The lowest BCUT2D eigenvalue weighted by Gasteiger charge is -2.09. The van der Waals surface area contributed by atoms with Crippen LogP contribution in [-0.2, 0) is 0 Å². The van der Waals surface area contributed by atoms with E-state index in [4.69, 9.17) is 5.73 Å². The van der Waals surface area contributed by atoms with Crippen molar-refractivity contribution in [1.82, 2.24) is 5.16 Å². The summed E-state index contributed by atoms with van der Waals surface area (Å²) in [6, 6.07) is 1.24. The van der Waals surface area contributed by atoms with Crippen LogP contribution in [0.2, 0.25) is 0 Å². The normalized spacial score (nSPS) is 13.3. The predicted octanol–water partition coefficient (Wildman–Crippen LogP) is 1.29. The number of nitrogens with zero attached hydrogens (tertiary/aromatic N) is 1. The Morgan fingerprint density at radius 2 is 2.33 bits per heavy atom. The molecular weight excluding hydrogens is 170 g/mol. The molecule has 6 heteroatoms. The highest BCUT2D eigenvalue weighted by Gasteiger charge is 2.17. The first-order chi connectivity index (χ1) is 5.59. The highest BCUT2D eigenvalue weighted by Crippen LogP contribution is 2.16. The molecule has 1 aromatic heterocycles. The van der Waals surface area contributed by atoms with Crippen LogP contribution in [0.15, 0.2) is 10.6 Å². The van der Waals surface area contributed by atoms with Gasteiger partial charge >= 0.3 is 0 Å². The van der Waals surface area contributed by atoms with E-state index in [0.29, 0.717) is 0 Å². The van der Waals surface area contributed by atoms with Crippen molar-refractivity contribution in [2.45, 2.75) is 19.5 Å².